The molecule has 0 bridgehead atoms. The fourth-order valence-corrected chi connectivity index (χ4v) is 3.39. The number of benzene rings is 2. The van der Waals surface area contributed by atoms with Gasteiger partial charge in [0.05, 0.1) is 11.1 Å². The molecule has 0 spiro atoms. The van der Waals surface area contributed by atoms with Crippen LogP contribution in [0.2, 0.25) is 5.15 Å². The number of thiazole rings is 1. The van der Waals surface area contributed by atoms with Crippen LogP contribution in [0.4, 0.5) is 10.8 Å². The Balaban J connectivity index is 1.40. The van der Waals surface area contributed by atoms with E-state index in [1.165, 1.54) is 17.6 Å². The standard InChI is InChI=1S/C18H13ClN4O3S/c19-16-15(27-18(22-16)21-12-4-2-1-3-5-12)9-20-23-17(24)11-6-7-13-14(8-11)26-10-25-13/h1-9H,10H2,(H,21,22)(H,23,24)/b20-9+. The average molecular weight is 401 g/mol. The van der Waals surface area contributed by atoms with E-state index in [9.17, 15) is 4.79 Å². The Kier molecular flexibility index (Phi) is 4.91. The van der Waals surface area contributed by atoms with Crippen molar-refractivity contribution < 1.29 is 14.3 Å². The van der Waals surface area contributed by atoms with Crippen LogP contribution >= 0.6 is 22.9 Å². The molecule has 0 saturated carbocycles. The van der Waals surface area contributed by atoms with Crippen molar-refractivity contribution in [3.05, 3.63) is 64.1 Å². The molecule has 2 heterocycles. The molecule has 1 aromatic heterocycles. The number of ether oxygens (including phenoxy) is 2. The van der Waals surface area contributed by atoms with E-state index in [-0.39, 0.29) is 12.7 Å². The maximum atomic E-state index is 12.2. The number of anilines is 2. The molecule has 0 saturated heterocycles. The number of fused-ring (bicyclic) bond motifs is 1. The average Bonchev–Trinajstić information content (AvgIpc) is 3.28. The smallest absolute Gasteiger partial charge is 0.271 e. The summed E-state index contributed by atoms with van der Waals surface area (Å²) in [5, 5.41) is 8.06. The van der Waals surface area contributed by atoms with Crippen molar-refractivity contribution in [2.75, 3.05) is 12.1 Å². The Morgan fingerprint density at radius 1 is 1.19 bits per heavy atom. The molecule has 2 N–H and O–H groups in total. The zero-order valence-corrected chi connectivity index (χ0v) is 15.4. The molecular formula is C18H13ClN4O3S. The molecule has 1 aliphatic rings. The second-order valence-corrected chi connectivity index (χ2v) is 6.82. The minimum Gasteiger partial charge on any atom is -0.454 e. The van der Waals surface area contributed by atoms with E-state index in [2.05, 4.69) is 20.8 Å². The summed E-state index contributed by atoms with van der Waals surface area (Å²) in [7, 11) is 0. The first-order valence-corrected chi connectivity index (χ1v) is 9.10. The van der Waals surface area contributed by atoms with Crippen LogP contribution in [0.15, 0.2) is 53.6 Å². The first kappa shape index (κ1) is 17.3. The highest BCUT2D eigenvalue weighted by Gasteiger charge is 2.16. The number of halogens is 1. The second-order valence-electron chi connectivity index (χ2n) is 5.43. The zero-order chi connectivity index (χ0) is 18.6. The van der Waals surface area contributed by atoms with Crippen LogP contribution in [0.1, 0.15) is 15.2 Å². The SMILES string of the molecule is O=C(N/N=C/c1sc(Nc2ccccc2)nc1Cl)c1ccc2c(c1)OCO2. The highest BCUT2D eigenvalue weighted by Crippen LogP contribution is 2.32. The summed E-state index contributed by atoms with van der Waals surface area (Å²) in [6.07, 6.45) is 1.46. The summed E-state index contributed by atoms with van der Waals surface area (Å²) in [4.78, 5) is 17.1. The molecular weight excluding hydrogens is 388 g/mol. The molecule has 0 unspecified atom stereocenters. The molecule has 0 aliphatic carbocycles. The Hall–Kier alpha value is -3.10. The van der Waals surface area contributed by atoms with Crippen LogP contribution in [-0.2, 0) is 0 Å². The van der Waals surface area contributed by atoms with Crippen LogP contribution in [0.5, 0.6) is 11.5 Å². The summed E-state index contributed by atoms with van der Waals surface area (Å²) in [5.74, 6) is 0.784. The van der Waals surface area contributed by atoms with Crippen LogP contribution in [0.25, 0.3) is 0 Å². The van der Waals surface area contributed by atoms with Gasteiger partial charge in [-0.1, -0.05) is 41.1 Å². The third-order valence-electron chi connectivity index (χ3n) is 3.62. The van der Waals surface area contributed by atoms with E-state index in [4.69, 9.17) is 21.1 Å². The van der Waals surface area contributed by atoms with Gasteiger partial charge in [0.1, 0.15) is 0 Å². The second kappa shape index (κ2) is 7.65. The lowest BCUT2D eigenvalue weighted by Crippen LogP contribution is -2.17. The minimum atomic E-state index is -0.368. The number of hydrogen-bond donors (Lipinski definition) is 2. The van der Waals surface area contributed by atoms with E-state index in [1.54, 1.807) is 18.2 Å². The molecule has 0 fully saturated rings. The van der Waals surface area contributed by atoms with Gasteiger partial charge in [0, 0.05) is 11.3 Å². The number of nitrogens with one attached hydrogen (secondary N) is 2. The van der Waals surface area contributed by atoms with Crippen LogP contribution in [0.3, 0.4) is 0 Å². The Morgan fingerprint density at radius 3 is 2.85 bits per heavy atom. The Bertz CT molecular complexity index is 1010. The van der Waals surface area contributed by atoms with Gasteiger partial charge in [0.15, 0.2) is 21.8 Å². The first-order valence-electron chi connectivity index (χ1n) is 7.90. The number of para-hydroxylation sites is 1. The van der Waals surface area contributed by atoms with Gasteiger partial charge in [-0.2, -0.15) is 5.10 Å². The summed E-state index contributed by atoms with van der Waals surface area (Å²) in [6, 6.07) is 14.6. The topological polar surface area (TPSA) is 84.8 Å². The molecule has 9 heteroatoms. The van der Waals surface area contributed by atoms with Crippen molar-refractivity contribution in [3.8, 4) is 11.5 Å². The zero-order valence-electron chi connectivity index (χ0n) is 13.8. The monoisotopic (exact) mass is 400 g/mol. The lowest BCUT2D eigenvalue weighted by molar-refractivity contribution is 0.0954. The van der Waals surface area contributed by atoms with Crippen LogP contribution < -0.4 is 20.2 Å². The molecule has 0 radical (unpaired) electrons. The van der Waals surface area contributed by atoms with E-state index in [0.717, 1.165) is 5.69 Å². The number of hydrazone groups is 1. The number of nitrogens with zero attached hydrogens (tertiary/aromatic N) is 2. The van der Waals surface area contributed by atoms with Gasteiger partial charge in [-0.05, 0) is 30.3 Å². The van der Waals surface area contributed by atoms with Crippen molar-refractivity contribution in [2.45, 2.75) is 0 Å². The summed E-state index contributed by atoms with van der Waals surface area (Å²) in [6.45, 7) is 0.155. The van der Waals surface area contributed by atoms with Crippen molar-refractivity contribution in [2.24, 2.45) is 5.10 Å². The van der Waals surface area contributed by atoms with Gasteiger partial charge in [0.25, 0.3) is 5.91 Å². The fourth-order valence-electron chi connectivity index (χ4n) is 2.34. The molecule has 7 nitrogen and oxygen atoms in total. The number of amides is 1. The van der Waals surface area contributed by atoms with Gasteiger partial charge < -0.3 is 14.8 Å². The van der Waals surface area contributed by atoms with Gasteiger partial charge in [0.2, 0.25) is 6.79 Å². The Labute approximate surface area is 163 Å². The van der Waals surface area contributed by atoms with E-state index >= 15 is 0 Å². The number of carbonyl (C=O) groups excluding carboxylic acids is 1. The van der Waals surface area contributed by atoms with Gasteiger partial charge >= 0.3 is 0 Å². The third-order valence-corrected chi connectivity index (χ3v) is 4.92. The van der Waals surface area contributed by atoms with Crippen LogP contribution in [-0.4, -0.2) is 23.9 Å². The molecule has 1 aliphatic heterocycles. The fraction of sp³-hybridized carbons (Fsp3) is 0.0556. The van der Waals surface area contributed by atoms with Crippen molar-refractivity contribution in [1.82, 2.24) is 10.4 Å². The minimum absolute atomic E-state index is 0.155. The molecule has 3 aromatic rings. The van der Waals surface area contributed by atoms with Crippen molar-refractivity contribution >= 4 is 45.9 Å². The summed E-state index contributed by atoms with van der Waals surface area (Å²) >= 11 is 7.46. The van der Waals surface area contributed by atoms with Gasteiger partial charge in [-0.3, -0.25) is 4.79 Å². The molecule has 27 heavy (non-hydrogen) atoms. The van der Waals surface area contributed by atoms with Gasteiger partial charge in [-0.25, -0.2) is 10.4 Å². The number of hydrogen-bond acceptors (Lipinski definition) is 7. The maximum Gasteiger partial charge on any atom is 0.271 e. The Morgan fingerprint density at radius 2 is 2.00 bits per heavy atom. The largest absolute Gasteiger partial charge is 0.454 e. The first-order chi connectivity index (χ1) is 13.2. The highest BCUT2D eigenvalue weighted by molar-refractivity contribution is 7.17. The van der Waals surface area contributed by atoms with Crippen molar-refractivity contribution in [1.29, 1.82) is 0 Å². The summed E-state index contributed by atoms with van der Waals surface area (Å²) in [5.41, 5.74) is 3.78. The lowest BCUT2D eigenvalue weighted by atomic mass is 10.2. The van der Waals surface area contributed by atoms with E-state index < -0.39 is 0 Å². The van der Waals surface area contributed by atoms with Gasteiger partial charge in [-0.15, -0.1) is 0 Å². The molecule has 2 aromatic carbocycles. The third kappa shape index (κ3) is 4.02. The highest BCUT2D eigenvalue weighted by atomic mass is 35.5. The predicted molar refractivity (Wildman–Crippen MR) is 104 cm³/mol. The number of aromatic nitrogens is 1. The molecule has 0 atom stereocenters. The number of rotatable bonds is 5. The van der Waals surface area contributed by atoms with Crippen molar-refractivity contribution in [3.63, 3.8) is 0 Å². The molecule has 136 valence electrons. The lowest BCUT2D eigenvalue weighted by Gasteiger charge is -2.01. The van der Waals surface area contributed by atoms with E-state index in [0.29, 0.717) is 32.2 Å². The molecule has 1 amide bonds. The quantitative estimate of drug-likeness (QED) is 0.499. The van der Waals surface area contributed by atoms with E-state index in [1.807, 2.05) is 30.3 Å². The normalized spacial score (nSPS) is 12.3. The number of carbonyl (C=O) groups is 1. The summed E-state index contributed by atoms with van der Waals surface area (Å²) < 4.78 is 10.5. The molecule has 4 rings (SSSR count). The maximum absolute atomic E-state index is 12.2. The predicted octanol–water partition coefficient (Wildman–Crippen LogP) is 4.03. The van der Waals surface area contributed by atoms with Crippen LogP contribution in [0, 0.1) is 0 Å².